The van der Waals surface area contributed by atoms with Crippen molar-refractivity contribution in [3.8, 4) is 0 Å². The number of piperazine rings is 1. The van der Waals surface area contributed by atoms with Crippen LogP contribution in [0.25, 0.3) is 0 Å². The van der Waals surface area contributed by atoms with Crippen molar-refractivity contribution in [2.24, 2.45) is 0 Å². The van der Waals surface area contributed by atoms with Gasteiger partial charge in [-0.1, -0.05) is 17.7 Å². The predicted molar refractivity (Wildman–Crippen MR) is 71.0 cm³/mol. The summed E-state index contributed by atoms with van der Waals surface area (Å²) < 4.78 is 62.5. The Morgan fingerprint density at radius 3 is 2.53 bits per heavy atom. The lowest BCUT2D eigenvalue weighted by Gasteiger charge is -2.29. The fourth-order valence-corrected chi connectivity index (χ4v) is 1.16. The van der Waals surface area contributed by atoms with Crippen molar-refractivity contribution in [2.75, 3.05) is 30.9 Å². The largest absolute Gasteiger partial charge is 0.369 e. The van der Waals surface area contributed by atoms with Crippen LogP contribution in [0.5, 0.6) is 0 Å². The molecular formula is C10H15Cl3N2. The molecule has 0 unspecified atom stereocenters. The number of nitrogens with zero attached hydrogens (tertiary/aromatic N) is 1. The average Bonchev–Trinajstić information content (AvgIpc) is 2.24. The van der Waals surface area contributed by atoms with Crippen molar-refractivity contribution >= 4 is 42.1 Å². The van der Waals surface area contributed by atoms with Gasteiger partial charge in [-0.3, -0.25) is 0 Å². The minimum Gasteiger partial charge on any atom is -0.369 e. The molecule has 1 heterocycles. The SMILES string of the molecule is Cl.Cl.[2H]C1([2H])NC([2H])([2H])C([2H])([2H])N(c2cccc(Cl)c2)C1([2H])[2H]. The van der Waals surface area contributed by atoms with Crippen LogP contribution >= 0.6 is 36.4 Å². The van der Waals surface area contributed by atoms with Gasteiger partial charge in [0, 0.05) is 42.2 Å². The van der Waals surface area contributed by atoms with Gasteiger partial charge in [0.1, 0.15) is 0 Å². The number of hydrogen-bond donors (Lipinski definition) is 1. The van der Waals surface area contributed by atoms with Gasteiger partial charge in [-0.2, -0.15) is 0 Å². The first-order chi connectivity index (χ1) is 9.33. The maximum Gasteiger partial charge on any atom is 0.0506 e. The summed E-state index contributed by atoms with van der Waals surface area (Å²) in [6.45, 7) is -11.3. The van der Waals surface area contributed by atoms with E-state index in [-0.39, 0.29) is 35.5 Å². The summed E-state index contributed by atoms with van der Waals surface area (Å²) in [6, 6.07) is 5.56. The zero-order chi connectivity index (χ0) is 16.3. The first kappa shape index (κ1) is 5.97. The third-order valence-corrected chi connectivity index (χ3v) is 1.76. The number of hydrogen-bond acceptors (Lipinski definition) is 2. The van der Waals surface area contributed by atoms with E-state index in [1.54, 1.807) is 5.32 Å². The van der Waals surface area contributed by atoms with Crippen LogP contribution in [0.15, 0.2) is 24.3 Å². The van der Waals surface area contributed by atoms with Crippen LogP contribution in [0, 0.1) is 0 Å². The molecule has 0 amide bonds. The van der Waals surface area contributed by atoms with E-state index in [1.807, 2.05) is 0 Å². The molecule has 0 atom stereocenters. The Morgan fingerprint density at radius 1 is 1.27 bits per heavy atom. The zero-order valence-electron chi connectivity index (χ0n) is 15.5. The molecule has 1 fully saturated rings. The van der Waals surface area contributed by atoms with Gasteiger partial charge in [-0.05, 0) is 18.2 Å². The number of anilines is 1. The van der Waals surface area contributed by atoms with E-state index in [9.17, 15) is 0 Å². The van der Waals surface area contributed by atoms with Crippen LogP contribution in [0.3, 0.4) is 0 Å². The average molecular weight is 278 g/mol. The van der Waals surface area contributed by atoms with Gasteiger partial charge in [-0.15, -0.1) is 24.8 Å². The van der Waals surface area contributed by atoms with Gasteiger partial charge < -0.3 is 10.2 Å². The topological polar surface area (TPSA) is 15.3 Å². The molecule has 2 nitrogen and oxygen atoms in total. The van der Waals surface area contributed by atoms with Crippen LogP contribution in [0.2, 0.25) is 5.02 Å². The molecule has 0 aliphatic carbocycles. The predicted octanol–water partition coefficient (Wildman–Crippen LogP) is 2.59. The van der Waals surface area contributed by atoms with Crippen LogP contribution in [-0.2, 0) is 0 Å². The molecule has 5 heteroatoms. The molecule has 86 valence electrons. The van der Waals surface area contributed by atoms with E-state index in [1.165, 1.54) is 24.3 Å². The second-order valence-electron chi connectivity index (χ2n) is 2.41. The first-order valence-corrected chi connectivity index (χ1v) is 4.06. The summed E-state index contributed by atoms with van der Waals surface area (Å²) in [5, 5.41) is 1.98. The lowest BCUT2D eigenvalue weighted by Crippen LogP contribution is -2.43. The second kappa shape index (κ2) is 7.18. The molecule has 1 aliphatic heterocycles. The third-order valence-electron chi connectivity index (χ3n) is 1.53. The lowest BCUT2D eigenvalue weighted by atomic mass is 10.2. The molecule has 0 aromatic heterocycles. The van der Waals surface area contributed by atoms with Crippen LogP contribution in [0.4, 0.5) is 5.69 Å². The first-order valence-electron chi connectivity index (χ1n) is 7.68. The van der Waals surface area contributed by atoms with Gasteiger partial charge in [-0.25, -0.2) is 0 Å². The lowest BCUT2D eigenvalue weighted by molar-refractivity contribution is 0.589. The number of benzene rings is 1. The van der Waals surface area contributed by atoms with Crippen molar-refractivity contribution in [1.29, 1.82) is 0 Å². The number of nitrogens with one attached hydrogen (secondary N) is 1. The summed E-state index contributed by atoms with van der Waals surface area (Å²) in [4.78, 5) is 0.447. The van der Waals surface area contributed by atoms with E-state index in [4.69, 9.17) is 22.6 Å². The van der Waals surface area contributed by atoms with Crippen molar-refractivity contribution in [2.45, 2.75) is 0 Å². The Hall–Kier alpha value is -0.150. The van der Waals surface area contributed by atoms with Crippen LogP contribution in [0.1, 0.15) is 11.0 Å². The summed E-state index contributed by atoms with van der Waals surface area (Å²) in [5.41, 5.74) is -0.0493. The maximum atomic E-state index is 7.93. The molecule has 1 N–H and O–H groups in total. The monoisotopic (exact) mass is 276 g/mol. The Balaban J connectivity index is 0.00000242. The Labute approximate surface area is 119 Å². The highest BCUT2D eigenvalue weighted by Crippen LogP contribution is 2.19. The molecule has 1 aliphatic rings. The normalized spacial score (nSPS) is 36.5. The molecule has 1 aromatic carbocycles. The molecule has 0 saturated carbocycles. The van der Waals surface area contributed by atoms with E-state index >= 15 is 0 Å². The molecule has 15 heavy (non-hydrogen) atoms. The molecular weight excluding hydrogens is 254 g/mol. The standard InChI is InChI=1S/C10H13ClN2.2ClH/c11-9-2-1-3-10(8-9)13-6-4-12-5-7-13;;/h1-3,8,12H,4-7H2;2*1H/i4D2,5D2,6D2,7D2;;. The third kappa shape index (κ3) is 4.07. The van der Waals surface area contributed by atoms with Crippen molar-refractivity contribution in [3.63, 3.8) is 0 Å². The Morgan fingerprint density at radius 2 is 1.93 bits per heavy atom. The number of rotatable bonds is 1. The zero-order valence-corrected chi connectivity index (χ0v) is 9.84. The maximum absolute atomic E-state index is 7.93. The van der Waals surface area contributed by atoms with Crippen LogP contribution < -0.4 is 10.2 Å². The summed E-state index contributed by atoms with van der Waals surface area (Å²) >= 11 is 5.82. The Kier molecular flexibility index (Phi) is 2.86. The van der Waals surface area contributed by atoms with Gasteiger partial charge in [0.15, 0.2) is 0 Å². The quantitative estimate of drug-likeness (QED) is 0.849. The molecule has 1 aromatic rings. The van der Waals surface area contributed by atoms with Gasteiger partial charge in [0.25, 0.3) is 0 Å². The fraction of sp³-hybridized carbons (Fsp3) is 0.400. The van der Waals surface area contributed by atoms with E-state index in [0.717, 1.165) is 0 Å². The van der Waals surface area contributed by atoms with Crippen molar-refractivity contribution in [3.05, 3.63) is 29.3 Å². The highest BCUT2D eigenvalue weighted by molar-refractivity contribution is 6.30. The van der Waals surface area contributed by atoms with E-state index < -0.39 is 26.0 Å². The van der Waals surface area contributed by atoms with Gasteiger partial charge in [0.05, 0.1) is 5.48 Å². The van der Waals surface area contributed by atoms with Crippen molar-refractivity contribution in [1.82, 2.24) is 5.32 Å². The summed E-state index contributed by atoms with van der Waals surface area (Å²) in [7, 11) is 0. The second-order valence-corrected chi connectivity index (χ2v) is 2.85. The van der Waals surface area contributed by atoms with Crippen molar-refractivity contribution < 1.29 is 11.0 Å². The molecule has 2 rings (SSSR count). The van der Waals surface area contributed by atoms with E-state index in [2.05, 4.69) is 0 Å². The number of halogens is 3. The molecule has 0 radical (unpaired) electrons. The van der Waals surface area contributed by atoms with Gasteiger partial charge >= 0.3 is 0 Å². The fourth-order valence-electron chi connectivity index (χ4n) is 0.971. The minimum absolute atomic E-state index is 0. The highest BCUT2D eigenvalue weighted by Gasteiger charge is 2.09. The summed E-state index contributed by atoms with van der Waals surface area (Å²) in [5.74, 6) is 0. The minimum atomic E-state index is -2.84. The molecule has 0 spiro atoms. The Bertz CT molecular complexity index is 543. The van der Waals surface area contributed by atoms with Gasteiger partial charge in [0.2, 0.25) is 0 Å². The smallest absolute Gasteiger partial charge is 0.0506 e. The molecule has 1 saturated heterocycles. The van der Waals surface area contributed by atoms with Crippen LogP contribution in [-0.4, -0.2) is 26.0 Å². The summed E-state index contributed by atoms with van der Waals surface area (Å²) in [6.07, 6.45) is 0. The molecule has 0 bridgehead atoms. The van der Waals surface area contributed by atoms with E-state index in [0.29, 0.717) is 4.90 Å². The highest BCUT2D eigenvalue weighted by atomic mass is 35.5.